The molecule has 0 radical (unpaired) electrons. The van der Waals surface area contributed by atoms with Crippen LogP contribution in [-0.2, 0) is 4.79 Å². The van der Waals surface area contributed by atoms with E-state index in [1.807, 2.05) is 0 Å². The molecule has 0 saturated heterocycles. The SMILES string of the molecule is CC(CCC(=O)O)CCC(C)CC(C)(C)C. The van der Waals surface area contributed by atoms with Crippen molar-refractivity contribution >= 4 is 5.97 Å². The summed E-state index contributed by atoms with van der Waals surface area (Å²) >= 11 is 0. The zero-order valence-corrected chi connectivity index (χ0v) is 11.5. The minimum atomic E-state index is -0.672. The number of aliphatic carboxylic acids is 1. The summed E-state index contributed by atoms with van der Waals surface area (Å²) in [5, 5.41) is 8.59. The number of hydrogen-bond acceptors (Lipinski definition) is 1. The van der Waals surface area contributed by atoms with Gasteiger partial charge in [0.25, 0.3) is 0 Å². The third-order valence-electron chi connectivity index (χ3n) is 2.96. The Morgan fingerprint density at radius 2 is 1.56 bits per heavy atom. The van der Waals surface area contributed by atoms with E-state index in [4.69, 9.17) is 5.11 Å². The summed E-state index contributed by atoms with van der Waals surface area (Å²) in [5.41, 5.74) is 0.406. The molecule has 0 aliphatic rings. The van der Waals surface area contributed by atoms with Gasteiger partial charge in [-0.3, -0.25) is 4.79 Å². The van der Waals surface area contributed by atoms with E-state index in [1.165, 1.54) is 12.8 Å². The molecule has 2 atom stereocenters. The predicted octanol–water partition coefficient (Wildman–Crippen LogP) is 4.34. The van der Waals surface area contributed by atoms with Crippen LogP contribution in [-0.4, -0.2) is 11.1 Å². The van der Waals surface area contributed by atoms with Crippen molar-refractivity contribution in [3.63, 3.8) is 0 Å². The van der Waals surface area contributed by atoms with Gasteiger partial charge in [-0.2, -0.15) is 0 Å². The van der Waals surface area contributed by atoms with E-state index in [1.54, 1.807) is 0 Å². The summed E-state index contributed by atoms with van der Waals surface area (Å²) in [6, 6.07) is 0. The highest BCUT2D eigenvalue weighted by Crippen LogP contribution is 2.28. The first-order chi connectivity index (χ1) is 7.20. The highest BCUT2D eigenvalue weighted by atomic mass is 16.4. The van der Waals surface area contributed by atoms with E-state index in [0.29, 0.717) is 17.8 Å². The molecular formula is C14H28O2. The average Bonchev–Trinajstić information content (AvgIpc) is 2.08. The Morgan fingerprint density at radius 1 is 1.06 bits per heavy atom. The Morgan fingerprint density at radius 3 is 2.00 bits per heavy atom. The van der Waals surface area contributed by atoms with Crippen molar-refractivity contribution in [1.82, 2.24) is 0 Å². The quantitative estimate of drug-likeness (QED) is 0.703. The molecule has 2 heteroatoms. The molecule has 16 heavy (non-hydrogen) atoms. The van der Waals surface area contributed by atoms with Gasteiger partial charge in [0.15, 0.2) is 0 Å². The molecule has 0 aromatic heterocycles. The molecule has 0 fully saturated rings. The molecule has 0 aliphatic carbocycles. The van der Waals surface area contributed by atoms with Gasteiger partial charge in [0.2, 0.25) is 0 Å². The fourth-order valence-corrected chi connectivity index (χ4v) is 2.23. The molecule has 0 rings (SSSR count). The largest absolute Gasteiger partial charge is 0.481 e. The van der Waals surface area contributed by atoms with Gasteiger partial charge < -0.3 is 5.11 Å². The lowest BCUT2D eigenvalue weighted by molar-refractivity contribution is -0.137. The first-order valence-electron chi connectivity index (χ1n) is 6.42. The van der Waals surface area contributed by atoms with E-state index in [-0.39, 0.29) is 0 Å². The van der Waals surface area contributed by atoms with Crippen LogP contribution in [0.1, 0.15) is 66.7 Å². The fourth-order valence-electron chi connectivity index (χ4n) is 2.23. The second kappa shape index (κ2) is 6.93. The summed E-state index contributed by atoms with van der Waals surface area (Å²) in [6.45, 7) is 11.3. The molecule has 2 nitrogen and oxygen atoms in total. The van der Waals surface area contributed by atoms with Gasteiger partial charge in [-0.25, -0.2) is 0 Å². The van der Waals surface area contributed by atoms with Gasteiger partial charge in [-0.05, 0) is 30.1 Å². The number of rotatable bonds is 7. The normalized spacial score (nSPS) is 15.8. The first-order valence-corrected chi connectivity index (χ1v) is 6.42. The Kier molecular flexibility index (Phi) is 6.70. The molecule has 0 aliphatic heterocycles. The Hall–Kier alpha value is -0.530. The van der Waals surface area contributed by atoms with Crippen molar-refractivity contribution in [3.05, 3.63) is 0 Å². The van der Waals surface area contributed by atoms with Crippen molar-refractivity contribution in [3.8, 4) is 0 Å². The zero-order chi connectivity index (χ0) is 12.8. The van der Waals surface area contributed by atoms with Crippen molar-refractivity contribution in [2.45, 2.75) is 66.7 Å². The van der Waals surface area contributed by atoms with E-state index in [2.05, 4.69) is 34.6 Å². The smallest absolute Gasteiger partial charge is 0.303 e. The Bertz CT molecular complexity index is 203. The molecule has 0 saturated carbocycles. The van der Waals surface area contributed by atoms with Gasteiger partial charge in [0, 0.05) is 6.42 Å². The molecule has 1 N–H and O–H groups in total. The molecule has 0 aromatic carbocycles. The zero-order valence-electron chi connectivity index (χ0n) is 11.5. The summed E-state index contributed by atoms with van der Waals surface area (Å²) in [6.07, 6.45) is 4.76. The maximum atomic E-state index is 10.4. The maximum Gasteiger partial charge on any atom is 0.303 e. The standard InChI is InChI=1S/C14H28O2/c1-11(8-9-13(15)16)6-7-12(2)10-14(3,4)5/h11-12H,6-10H2,1-5H3,(H,15,16). The molecule has 2 unspecified atom stereocenters. The maximum absolute atomic E-state index is 10.4. The lowest BCUT2D eigenvalue weighted by atomic mass is 9.82. The van der Waals surface area contributed by atoms with Crippen molar-refractivity contribution in [2.24, 2.45) is 17.3 Å². The fraction of sp³-hybridized carbons (Fsp3) is 0.929. The molecule has 0 heterocycles. The summed E-state index contributed by atoms with van der Waals surface area (Å²) in [4.78, 5) is 10.4. The van der Waals surface area contributed by atoms with Crippen LogP contribution in [0.15, 0.2) is 0 Å². The monoisotopic (exact) mass is 228 g/mol. The second-order valence-electron chi connectivity index (χ2n) is 6.48. The van der Waals surface area contributed by atoms with Crippen LogP contribution in [0.3, 0.4) is 0 Å². The number of hydrogen-bond donors (Lipinski definition) is 1. The molecule has 0 amide bonds. The van der Waals surface area contributed by atoms with Gasteiger partial charge >= 0.3 is 5.97 Å². The summed E-state index contributed by atoms with van der Waals surface area (Å²) in [7, 11) is 0. The van der Waals surface area contributed by atoms with E-state index >= 15 is 0 Å². The number of carbonyl (C=O) groups is 1. The van der Waals surface area contributed by atoms with Crippen molar-refractivity contribution < 1.29 is 9.90 Å². The average molecular weight is 228 g/mol. The third kappa shape index (κ3) is 10.0. The number of carboxylic acid groups (broad SMARTS) is 1. The third-order valence-corrected chi connectivity index (χ3v) is 2.96. The highest BCUT2D eigenvalue weighted by Gasteiger charge is 2.16. The van der Waals surface area contributed by atoms with Gasteiger partial charge in [-0.1, -0.05) is 47.5 Å². The van der Waals surface area contributed by atoms with E-state index < -0.39 is 5.97 Å². The summed E-state index contributed by atoms with van der Waals surface area (Å²) < 4.78 is 0. The lowest BCUT2D eigenvalue weighted by Gasteiger charge is -2.24. The van der Waals surface area contributed by atoms with E-state index in [9.17, 15) is 4.79 Å². The first kappa shape index (κ1) is 15.5. The summed E-state index contributed by atoms with van der Waals surface area (Å²) in [5.74, 6) is 0.611. The highest BCUT2D eigenvalue weighted by molar-refractivity contribution is 5.66. The van der Waals surface area contributed by atoms with Gasteiger partial charge in [0.1, 0.15) is 0 Å². The van der Waals surface area contributed by atoms with Crippen LogP contribution in [0.25, 0.3) is 0 Å². The lowest BCUT2D eigenvalue weighted by Crippen LogP contribution is -2.12. The van der Waals surface area contributed by atoms with Gasteiger partial charge in [-0.15, -0.1) is 0 Å². The second-order valence-corrected chi connectivity index (χ2v) is 6.48. The Balaban J connectivity index is 3.66. The van der Waals surface area contributed by atoms with Crippen LogP contribution < -0.4 is 0 Å². The Labute approximate surface area is 100 Å². The minimum absolute atomic E-state index is 0.314. The van der Waals surface area contributed by atoms with Crippen LogP contribution in [0, 0.1) is 17.3 Å². The van der Waals surface area contributed by atoms with Crippen LogP contribution in [0.4, 0.5) is 0 Å². The predicted molar refractivity (Wildman–Crippen MR) is 68.5 cm³/mol. The van der Waals surface area contributed by atoms with Gasteiger partial charge in [0.05, 0.1) is 0 Å². The number of carboxylic acids is 1. The molecule has 96 valence electrons. The van der Waals surface area contributed by atoms with Crippen molar-refractivity contribution in [2.75, 3.05) is 0 Å². The van der Waals surface area contributed by atoms with E-state index in [0.717, 1.165) is 18.8 Å². The molecule has 0 spiro atoms. The topological polar surface area (TPSA) is 37.3 Å². The van der Waals surface area contributed by atoms with Crippen LogP contribution in [0.5, 0.6) is 0 Å². The van der Waals surface area contributed by atoms with Crippen LogP contribution in [0.2, 0.25) is 0 Å². The molecule has 0 bridgehead atoms. The van der Waals surface area contributed by atoms with Crippen molar-refractivity contribution in [1.29, 1.82) is 0 Å². The van der Waals surface area contributed by atoms with Crippen LogP contribution >= 0.6 is 0 Å². The molecule has 0 aromatic rings. The molecular weight excluding hydrogens is 200 g/mol. The minimum Gasteiger partial charge on any atom is -0.481 e.